The number of benzene rings is 1. The monoisotopic (exact) mass is 545 g/mol. The Morgan fingerprint density at radius 2 is 1.95 bits per heavy atom. The molecule has 0 unspecified atom stereocenters. The number of aryl methyl sites for hydroxylation is 1. The van der Waals surface area contributed by atoms with E-state index in [9.17, 15) is 13.2 Å². The minimum atomic E-state index is -2.85. The van der Waals surface area contributed by atoms with Crippen molar-refractivity contribution in [2.45, 2.75) is 44.7 Å². The lowest BCUT2D eigenvalue weighted by molar-refractivity contribution is -0.179. The highest BCUT2D eigenvalue weighted by Gasteiger charge is 2.55. The van der Waals surface area contributed by atoms with Gasteiger partial charge in [-0.15, -0.1) is 10.2 Å². The van der Waals surface area contributed by atoms with Crippen LogP contribution in [0.5, 0.6) is 0 Å². The Morgan fingerprint density at radius 1 is 1.16 bits per heavy atom. The molecule has 3 aromatic rings. The van der Waals surface area contributed by atoms with Crippen molar-refractivity contribution in [3.63, 3.8) is 0 Å². The second-order valence-electron chi connectivity index (χ2n) is 11.3. The molecule has 0 N–H and O–H groups in total. The first kappa shape index (κ1) is 24.3. The normalized spacial score (nSPS) is 21.3. The maximum Gasteiger partial charge on any atom is 0.267 e. The number of ether oxygens (including phenoxy) is 1. The van der Waals surface area contributed by atoms with Gasteiger partial charge in [-0.1, -0.05) is 11.6 Å². The lowest BCUT2D eigenvalue weighted by Crippen LogP contribution is -2.62. The zero-order valence-electron chi connectivity index (χ0n) is 20.9. The zero-order valence-corrected chi connectivity index (χ0v) is 21.6. The maximum absolute atomic E-state index is 14.9. The summed E-state index contributed by atoms with van der Waals surface area (Å²) in [5, 5.41) is 9.61. The van der Waals surface area contributed by atoms with Crippen LogP contribution in [0.1, 0.15) is 41.7 Å². The molecule has 7 rings (SSSR count). The molecule has 4 aliphatic rings. The van der Waals surface area contributed by atoms with E-state index in [0.717, 1.165) is 43.0 Å². The fraction of sp³-hybridized carbons (Fsp3) is 0.538. The molecule has 0 bridgehead atoms. The van der Waals surface area contributed by atoms with Crippen LogP contribution in [-0.4, -0.2) is 68.4 Å². The largest absolute Gasteiger partial charge is 0.380 e. The first-order chi connectivity index (χ1) is 18.2. The highest BCUT2D eigenvalue weighted by atomic mass is 35.5. The number of nitrogens with zero attached hydrogens (tertiary/aromatic N) is 7. The first-order valence-electron chi connectivity index (χ1n) is 12.8. The van der Waals surface area contributed by atoms with Crippen LogP contribution in [-0.2, 0) is 17.8 Å². The lowest BCUT2D eigenvalue weighted by Gasteiger charge is -2.58. The maximum atomic E-state index is 14.9. The molecule has 3 aliphatic heterocycles. The highest BCUT2D eigenvalue weighted by Crippen LogP contribution is 2.56. The average Bonchev–Trinajstić information content (AvgIpc) is 3.08. The minimum absolute atomic E-state index is 0.0946. The van der Waals surface area contributed by atoms with E-state index >= 15 is 0 Å². The fourth-order valence-electron chi connectivity index (χ4n) is 6.30. The van der Waals surface area contributed by atoms with Crippen LogP contribution in [0.25, 0.3) is 5.69 Å². The highest BCUT2D eigenvalue weighted by molar-refractivity contribution is 6.30. The topological polar surface area (TPSA) is 72.2 Å². The Labute approximate surface area is 222 Å². The van der Waals surface area contributed by atoms with Gasteiger partial charge in [0.15, 0.2) is 11.6 Å². The van der Waals surface area contributed by atoms with Crippen LogP contribution in [0.2, 0.25) is 5.02 Å². The van der Waals surface area contributed by atoms with Crippen molar-refractivity contribution in [2.24, 2.45) is 11.3 Å². The van der Waals surface area contributed by atoms with Gasteiger partial charge >= 0.3 is 0 Å². The van der Waals surface area contributed by atoms with Crippen LogP contribution in [0.3, 0.4) is 0 Å². The smallest absolute Gasteiger partial charge is 0.267 e. The zero-order chi connectivity index (χ0) is 26.2. The standard InChI is InChI=1S/C26H27ClF3N7O/c1-15-20(28)7-31-24(32-15)36-12-25(13-36)5-17(6-25)23-34-33-22-9-35(14-26(29,30)18-10-38-11-18)8-16-4-19(27)2-3-21(16)37(22)23/h2-4,7,17-18H,5-6,8-14H2,1H3. The molecule has 2 saturated heterocycles. The summed E-state index contributed by atoms with van der Waals surface area (Å²) in [6.45, 7) is 3.71. The number of halogens is 4. The van der Waals surface area contributed by atoms with E-state index < -0.39 is 17.7 Å². The molecule has 0 radical (unpaired) electrons. The van der Waals surface area contributed by atoms with E-state index in [-0.39, 0.29) is 37.6 Å². The molecule has 1 aliphatic carbocycles. The van der Waals surface area contributed by atoms with Crippen molar-refractivity contribution in [1.82, 2.24) is 29.6 Å². The van der Waals surface area contributed by atoms with E-state index in [4.69, 9.17) is 16.3 Å². The molecular formula is C26H27ClF3N7O. The number of hydrogen-bond acceptors (Lipinski definition) is 7. The predicted octanol–water partition coefficient (Wildman–Crippen LogP) is 4.14. The summed E-state index contributed by atoms with van der Waals surface area (Å²) < 4.78 is 50.5. The van der Waals surface area contributed by atoms with Crippen molar-refractivity contribution in [1.29, 1.82) is 0 Å². The number of alkyl halides is 2. The van der Waals surface area contributed by atoms with Gasteiger partial charge in [-0.2, -0.15) is 0 Å². The van der Waals surface area contributed by atoms with Crippen molar-refractivity contribution in [3.05, 3.63) is 58.1 Å². The Balaban J connectivity index is 1.11. The molecule has 2 aromatic heterocycles. The van der Waals surface area contributed by atoms with Crippen molar-refractivity contribution < 1.29 is 17.9 Å². The molecule has 12 heteroatoms. The van der Waals surface area contributed by atoms with E-state index in [1.807, 2.05) is 18.2 Å². The molecule has 3 fully saturated rings. The molecular weight excluding hydrogens is 519 g/mol. The van der Waals surface area contributed by atoms with Crippen molar-refractivity contribution in [2.75, 3.05) is 37.7 Å². The summed E-state index contributed by atoms with van der Waals surface area (Å²) in [6, 6.07) is 5.61. The SMILES string of the molecule is Cc1nc(N2CC3(CC(c4nnc5n4-c4ccc(Cl)cc4CN(CC(F)(F)C4COC4)C5)C3)C2)ncc1F. The molecule has 5 heterocycles. The second kappa shape index (κ2) is 8.62. The summed E-state index contributed by atoms with van der Waals surface area (Å²) in [4.78, 5) is 12.2. The number of anilines is 1. The number of fused-ring (bicyclic) bond motifs is 3. The van der Waals surface area contributed by atoms with E-state index in [2.05, 4.69) is 29.6 Å². The van der Waals surface area contributed by atoms with Gasteiger partial charge in [-0.3, -0.25) is 9.47 Å². The van der Waals surface area contributed by atoms with Gasteiger partial charge in [-0.25, -0.2) is 23.1 Å². The van der Waals surface area contributed by atoms with Gasteiger partial charge in [0, 0.05) is 36.0 Å². The molecule has 1 aromatic carbocycles. The molecule has 0 atom stereocenters. The van der Waals surface area contributed by atoms with Crippen LogP contribution in [0.15, 0.2) is 24.4 Å². The summed E-state index contributed by atoms with van der Waals surface area (Å²) >= 11 is 6.32. The third-order valence-electron chi connectivity index (χ3n) is 8.43. The molecule has 200 valence electrons. The third-order valence-corrected chi connectivity index (χ3v) is 8.67. The molecule has 1 saturated carbocycles. The number of aromatic nitrogens is 5. The van der Waals surface area contributed by atoms with Crippen LogP contribution in [0, 0.1) is 24.1 Å². The van der Waals surface area contributed by atoms with Gasteiger partial charge in [0.1, 0.15) is 5.82 Å². The quantitative estimate of drug-likeness (QED) is 0.477. The van der Waals surface area contributed by atoms with E-state index in [1.54, 1.807) is 11.8 Å². The van der Waals surface area contributed by atoms with E-state index in [1.165, 1.54) is 6.20 Å². The average molecular weight is 546 g/mol. The van der Waals surface area contributed by atoms with Gasteiger partial charge in [0.2, 0.25) is 5.95 Å². The van der Waals surface area contributed by atoms with Gasteiger partial charge in [0.05, 0.1) is 49.8 Å². The minimum Gasteiger partial charge on any atom is -0.380 e. The summed E-state index contributed by atoms with van der Waals surface area (Å²) in [5.41, 5.74) is 2.27. The van der Waals surface area contributed by atoms with E-state index in [0.29, 0.717) is 29.0 Å². The number of rotatable bonds is 5. The Bertz CT molecular complexity index is 1400. The Morgan fingerprint density at radius 3 is 2.66 bits per heavy atom. The van der Waals surface area contributed by atoms with Gasteiger partial charge in [0.25, 0.3) is 5.92 Å². The molecule has 1 spiro atoms. The predicted molar refractivity (Wildman–Crippen MR) is 133 cm³/mol. The molecule has 38 heavy (non-hydrogen) atoms. The number of hydrogen-bond donors (Lipinski definition) is 0. The molecule has 0 amide bonds. The summed E-state index contributed by atoms with van der Waals surface area (Å²) in [7, 11) is 0. The Kier molecular flexibility index (Phi) is 5.51. The second-order valence-corrected chi connectivity index (χ2v) is 11.7. The van der Waals surface area contributed by atoms with Crippen LogP contribution < -0.4 is 4.90 Å². The van der Waals surface area contributed by atoms with Crippen molar-refractivity contribution >= 4 is 17.5 Å². The van der Waals surface area contributed by atoms with Crippen molar-refractivity contribution in [3.8, 4) is 5.69 Å². The fourth-order valence-corrected chi connectivity index (χ4v) is 6.49. The lowest BCUT2D eigenvalue weighted by atomic mass is 9.57. The van der Waals surface area contributed by atoms with Gasteiger partial charge in [-0.05, 0) is 43.5 Å². The summed E-state index contributed by atoms with van der Waals surface area (Å²) in [5.74, 6) is -1.71. The van der Waals surface area contributed by atoms with Gasteiger partial charge < -0.3 is 9.64 Å². The van der Waals surface area contributed by atoms with Crippen LogP contribution >= 0.6 is 11.6 Å². The molecule has 8 nitrogen and oxygen atoms in total. The van der Waals surface area contributed by atoms with Crippen LogP contribution in [0.4, 0.5) is 19.1 Å². The third kappa shape index (κ3) is 3.97. The Hall–Kier alpha value is -2.76. The first-order valence-corrected chi connectivity index (χ1v) is 13.2. The summed E-state index contributed by atoms with van der Waals surface area (Å²) in [6.07, 6.45) is 3.10.